The highest BCUT2D eigenvalue weighted by Gasteiger charge is 2.29. The first-order valence-corrected chi connectivity index (χ1v) is 9.64. The van der Waals surface area contributed by atoms with Gasteiger partial charge in [-0.2, -0.15) is 0 Å². The molecular formula is C19H23BrFNS. The Labute approximate surface area is 151 Å². The number of hydrogen-bond donors (Lipinski definition) is 1. The fourth-order valence-corrected chi connectivity index (χ4v) is 4.03. The third kappa shape index (κ3) is 3.92. The van der Waals surface area contributed by atoms with Crippen LogP contribution in [0.1, 0.15) is 43.9 Å². The maximum absolute atomic E-state index is 13.3. The van der Waals surface area contributed by atoms with E-state index in [1.54, 1.807) is 11.9 Å². The highest BCUT2D eigenvalue weighted by molar-refractivity contribution is 9.10. The molecule has 23 heavy (non-hydrogen) atoms. The molecule has 2 rings (SSSR count). The minimum atomic E-state index is -0.196. The zero-order valence-electron chi connectivity index (χ0n) is 14.0. The second-order valence-electron chi connectivity index (χ2n) is 5.87. The molecule has 0 saturated carbocycles. The molecule has 0 amide bonds. The molecule has 1 nitrogen and oxygen atoms in total. The van der Waals surface area contributed by atoms with Gasteiger partial charge in [-0.1, -0.05) is 66.8 Å². The van der Waals surface area contributed by atoms with Crippen LogP contribution in [0.3, 0.4) is 0 Å². The molecule has 0 aromatic heterocycles. The molecule has 2 aromatic carbocycles. The number of hydrogen-bond acceptors (Lipinski definition) is 2. The maximum atomic E-state index is 13.3. The summed E-state index contributed by atoms with van der Waals surface area (Å²) in [4.78, 5) is 0. The first-order valence-electron chi connectivity index (χ1n) is 7.86. The monoisotopic (exact) mass is 395 g/mol. The molecule has 4 heteroatoms. The molecule has 1 unspecified atom stereocenters. The summed E-state index contributed by atoms with van der Waals surface area (Å²) < 4.78 is 17.7. The SMILES string of the molecule is CCSNc1cc(Br)c(C(C)(CC)c2ccc(F)cc2)cc1C. The highest BCUT2D eigenvalue weighted by Crippen LogP contribution is 2.41. The molecule has 0 aliphatic carbocycles. The third-order valence-electron chi connectivity index (χ3n) is 4.42. The van der Waals surface area contributed by atoms with E-state index in [9.17, 15) is 4.39 Å². The van der Waals surface area contributed by atoms with Crippen molar-refractivity contribution >= 4 is 33.6 Å². The van der Waals surface area contributed by atoms with Crippen molar-refractivity contribution < 1.29 is 4.39 Å². The molecule has 0 aliphatic heterocycles. The summed E-state index contributed by atoms with van der Waals surface area (Å²) in [6, 6.07) is 11.2. The predicted molar refractivity (Wildman–Crippen MR) is 104 cm³/mol. The van der Waals surface area contributed by atoms with Crippen molar-refractivity contribution in [3.05, 3.63) is 63.4 Å². The van der Waals surface area contributed by atoms with E-state index >= 15 is 0 Å². The third-order valence-corrected chi connectivity index (χ3v) is 5.73. The second-order valence-corrected chi connectivity index (χ2v) is 7.80. The van der Waals surface area contributed by atoms with Crippen LogP contribution in [0, 0.1) is 12.7 Å². The Balaban J connectivity index is 2.49. The molecule has 0 heterocycles. The standard InChI is InChI=1S/C19H23BrFNS/c1-5-19(4,14-7-9-15(21)10-8-14)16-11-13(3)18(12-17(16)20)22-23-6-2/h7-12,22H,5-6H2,1-4H3. The van der Waals surface area contributed by atoms with Gasteiger partial charge in [-0.3, -0.25) is 0 Å². The first-order chi connectivity index (χ1) is 10.9. The summed E-state index contributed by atoms with van der Waals surface area (Å²) >= 11 is 5.43. The summed E-state index contributed by atoms with van der Waals surface area (Å²) in [6.45, 7) is 8.63. The van der Waals surface area contributed by atoms with E-state index in [4.69, 9.17) is 0 Å². The fourth-order valence-electron chi connectivity index (χ4n) is 2.73. The minimum absolute atomic E-state index is 0.159. The molecule has 0 spiro atoms. The molecule has 1 atom stereocenters. The Morgan fingerprint density at radius 1 is 1.17 bits per heavy atom. The average molecular weight is 396 g/mol. The van der Waals surface area contributed by atoms with Gasteiger partial charge in [0, 0.05) is 21.3 Å². The molecule has 0 aliphatic rings. The van der Waals surface area contributed by atoms with Crippen molar-refractivity contribution in [1.29, 1.82) is 0 Å². The smallest absolute Gasteiger partial charge is 0.123 e. The number of anilines is 1. The van der Waals surface area contributed by atoms with Crippen LogP contribution in [0.2, 0.25) is 0 Å². The zero-order valence-corrected chi connectivity index (χ0v) is 16.4. The van der Waals surface area contributed by atoms with Gasteiger partial charge in [-0.25, -0.2) is 4.39 Å². The summed E-state index contributed by atoms with van der Waals surface area (Å²) in [5.74, 6) is 0.819. The maximum Gasteiger partial charge on any atom is 0.123 e. The lowest BCUT2D eigenvalue weighted by Gasteiger charge is -2.31. The minimum Gasteiger partial charge on any atom is -0.329 e. The summed E-state index contributed by atoms with van der Waals surface area (Å²) in [5.41, 5.74) is 4.55. The Morgan fingerprint density at radius 3 is 2.39 bits per heavy atom. The van der Waals surface area contributed by atoms with E-state index in [1.807, 2.05) is 12.1 Å². The lowest BCUT2D eigenvalue weighted by Crippen LogP contribution is -2.23. The van der Waals surface area contributed by atoms with E-state index in [0.29, 0.717) is 0 Å². The lowest BCUT2D eigenvalue weighted by atomic mass is 9.74. The van der Waals surface area contributed by atoms with Crippen molar-refractivity contribution in [2.45, 2.75) is 39.5 Å². The Morgan fingerprint density at radius 2 is 1.83 bits per heavy atom. The lowest BCUT2D eigenvalue weighted by molar-refractivity contribution is 0.544. The van der Waals surface area contributed by atoms with Crippen molar-refractivity contribution in [3.63, 3.8) is 0 Å². The quantitative estimate of drug-likeness (QED) is 0.546. The van der Waals surface area contributed by atoms with Gasteiger partial charge in [-0.15, -0.1) is 0 Å². The molecular weight excluding hydrogens is 373 g/mol. The normalized spacial score (nSPS) is 13.7. The van der Waals surface area contributed by atoms with Gasteiger partial charge in [-0.05, 0) is 48.2 Å². The van der Waals surface area contributed by atoms with Crippen LogP contribution in [0.25, 0.3) is 0 Å². The number of nitrogens with one attached hydrogen (secondary N) is 1. The van der Waals surface area contributed by atoms with Gasteiger partial charge in [0.2, 0.25) is 0 Å². The van der Waals surface area contributed by atoms with Crippen LogP contribution >= 0.6 is 27.9 Å². The van der Waals surface area contributed by atoms with Crippen molar-refractivity contribution in [1.82, 2.24) is 0 Å². The van der Waals surface area contributed by atoms with Crippen LogP contribution in [0.5, 0.6) is 0 Å². The van der Waals surface area contributed by atoms with Gasteiger partial charge < -0.3 is 4.72 Å². The molecule has 0 radical (unpaired) electrons. The molecule has 124 valence electrons. The topological polar surface area (TPSA) is 12.0 Å². The number of aryl methyl sites for hydroxylation is 1. The molecule has 0 bridgehead atoms. The summed E-state index contributed by atoms with van der Waals surface area (Å²) in [5, 5.41) is 0. The van der Waals surface area contributed by atoms with Crippen LogP contribution in [-0.4, -0.2) is 5.75 Å². The molecule has 2 aromatic rings. The van der Waals surface area contributed by atoms with E-state index in [2.05, 4.69) is 60.5 Å². The van der Waals surface area contributed by atoms with Crippen LogP contribution in [0.15, 0.2) is 40.9 Å². The Kier molecular flexibility index (Phi) is 6.15. The fraction of sp³-hybridized carbons (Fsp3) is 0.368. The van der Waals surface area contributed by atoms with Crippen LogP contribution < -0.4 is 4.72 Å². The van der Waals surface area contributed by atoms with Gasteiger partial charge in [0.1, 0.15) is 5.82 Å². The Hall–Kier alpha value is -1.00. The van der Waals surface area contributed by atoms with E-state index in [1.165, 1.54) is 23.3 Å². The first kappa shape index (κ1) is 18.3. The summed E-state index contributed by atoms with van der Waals surface area (Å²) in [6.07, 6.45) is 0.938. The highest BCUT2D eigenvalue weighted by atomic mass is 79.9. The molecule has 1 N–H and O–H groups in total. The predicted octanol–water partition coefficient (Wildman–Crippen LogP) is 6.69. The van der Waals surface area contributed by atoms with Gasteiger partial charge >= 0.3 is 0 Å². The Bertz CT molecular complexity index is 672. The van der Waals surface area contributed by atoms with E-state index in [0.717, 1.165) is 27.9 Å². The van der Waals surface area contributed by atoms with Crippen LogP contribution in [0.4, 0.5) is 10.1 Å². The van der Waals surface area contributed by atoms with Crippen molar-refractivity contribution in [2.24, 2.45) is 0 Å². The number of benzene rings is 2. The zero-order chi connectivity index (χ0) is 17.0. The van der Waals surface area contributed by atoms with Crippen LogP contribution in [-0.2, 0) is 5.41 Å². The number of rotatable bonds is 6. The summed E-state index contributed by atoms with van der Waals surface area (Å²) in [7, 11) is 0. The van der Waals surface area contributed by atoms with E-state index in [-0.39, 0.29) is 11.2 Å². The molecule has 0 fully saturated rings. The van der Waals surface area contributed by atoms with E-state index < -0.39 is 0 Å². The van der Waals surface area contributed by atoms with Gasteiger partial charge in [0.05, 0.1) is 0 Å². The number of halogens is 2. The van der Waals surface area contributed by atoms with Gasteiger partial charge in [0.25, 0.3) is 0 Å². The average Bonchev–Trinajstić information content (AvgIpc) is 2.55. The largest absolute Gasteiger partial charge is 0.329 e. The van der Waals surface area contributed by atoms with Crippen molar-refractivity contribution in [3.8, 4) is 0 Å². The van der Waals surface area contributed by atoms with Crippen molar-refractivity contribution in [2.75, 3.05) is 10.5 Å². The molecule has 0 saturated heterocycles. The second kappa shape index (κ2) is 7.71. The van der Waals surface area contributed by atoms with Gasteiger partial charge in [0.15, 0.2) is 0 Å².